The Morgan fingerprint density at radius 3 is 2.68 bits per heavy atom. The van der Waals surface area contributed by atoms with Crippen molar-refractivity contribution >= 4 is 23.3 Å². The van der Waals surface area contributed by atoms with Crippen molar-refractivity contribution in [1.29, 1.82) is 0 Å². The Labute approximate surface area is 179 Å². The fourth-order valence-corrected chi connectivity index (χ4v) is 4.12. The van der Waals surface area contributed by atoms with Crippen molar-refractivity contribution in [3.63, 3.8) is 0 Å². The molecule has 2 fully saturated rings. The van der Waals surface area contributed by atoms with Crippen LogP contribution in [0.15, 0.2) is 30.6 Å². The number of anilines is 1. The van der Waals surface area contributed by atoms with E-state index in [1.165, 1.54) is 11.9 Å². The zero-order chi connectivity index (χ0) is 21.7. The van der Waals surface area contributed by atoms with Gasteiger partial charge in [0.05, 0.1) is 19.0 Å². The second kappa shape index (κ2) is 7.33. The zero-order valence-electron chi connectivity index (χ0n) is 17.8. The smallest absolute Gasteiger partial charge is 0.255 e. The second-order valence-electron chi connectivity index (χ2n) is 8.36. The highest BCUT2D eigenvalue weighted by Gasteiger charge is 2.41. The molecule has 3 aromatic rings. The summed E-state index contributed by atoms with van der Waals surface area (Å²) in [5.74, 6) is 0.736. The van der Waals surface area contributed by atoms with Crippen LogP contribution in [0.3, 0.4) is 0 Å². The van der Waals surface area contributed by atoms with Crippen LogP contribution < -0.4 is 9.64 Å². The van der Waals surface area contributed by atoms with Gasteiger partial charge >= 0.3 is 0 Å². The average molecular weight is 420 g/mol. The molecule has 5 rings (SSSR count). The first-order valence-electron chi connectivity index (χ1n) is 10.4. The number of hydrogen-bond donors (Lipinski definition) is 0. The van der Waals surface area contributed by atoms with Gasteiger partial charge in [-0.05, 0) is 44.0 Å². The third-order valence-electron chi connectivity index (χ3n) is 6.07. The van der Waals surface area contributed by atoms with Crippen LogP contribution in [0.4, 0.5) is 5.69 Å². The molecule has 31 heavy (non-hydrogen) atoms. The lowest BCUT2D eigenvalue weighted by Gasteiger charge is -2.40. The molecule has 2 aliphatic heterocycles. The van der Waals surface area contributed by atoms with Crippen molar-refractivity contribution in [2.24, 2.45) is 5.92 Å². The molecule has 0 aliphatic carbocycles. The molecule has 2 saturated heterocycles. The predicted octanol–water partition coefficient (Wildman–Crippen LogP) is 1.69. The van der Waals surface area contributed by atoms with Crippen LogP contribution in [-0.4, -0.2) is 62.0 Å². The summed E-state index contributed by atoms with van der Waals surface area (Å²) in [5.41, 5.74) is 3.97. The van der Waals surface area contributed by atoms with E-state index in [0.29, 0.717) is 31.3 Å². The van der Waals surface area contributed by atoms with E-state index in [2.05, 4.69) is 15.1 Å². The summed E-state index contributed by atoms with van der Waals surface area (Å²) in [5, 5.41) is 4.14. The molecule has 160 valence electrons. The molecule has 0 spiro atoms. The molecule has 9 nitrogen and oxygen atoms in total. The van der Waals surface area contributed by atoms with Crippen LogP contribution in [0, 0.1) is 26.7 Å². The molecule has 0 radical (unpaired) electrons. The first kappa shape index (κ1) is 19.5. The summed E-state index contributed by atoms with van der Waals surface area (Å²) < 4.78 is 7.58. The standard InChI is InChI=1S/C22H24N6O3/c1-13-4-5-17(6-14(13)2)27-9-16(8-19(27)29)21(30)26-10-18(11-26)31-20-7-15(3)25-22-23-12-24-28(20)22/h4-7,12,16,18H,8-11H2,1-3H3. The van der Waals surface area contributed by atoms with Gasteiger partial charge in [0.25, 0.3) is 5.78 Å². The van der Waals surface area contributed by atoms with Gasteiger partial charge < -0.3 is 14.5 Å². The van der Waals surface area contributed by atoms with Gasteiger partial charge in [-0.2, -0.15) is 14.6 Å². The molecule has 0 bridgehead atoms. The summed E-state index contributed by atoms with van der Waals surface area (Å²) in [6.45, 7) is 7.34. The van der Waals surface area contributed by atoms with Gasteiger partial charge in [0.1, 0.15) is 12.4 Å². The molecular weight excluding hydrogens is 396 g/mol. The number of carbonyl (C=O) groups is 2. The van der Waals surface area contributed by atoms with Gasteiger partial charge in [0, 0.05) is 30.4 Å². The number of likely N-dealkylation sites (tertiary alicyclic amines) is 1. The van der Waals surface area contributed by atoms with E-state index in [1.54, 1.807) is 14.3 Å². The molecule has 4 heterocycles. The minimum atomic E-state index is -0.319. The molecule has 2 aromatic heterocycles. The average Bonchev–Trinajstić information content (AvgIpc) is 3.32. The van der Waals surface area contributed by atoms with Gasteiger partial charge in [0.2, 0.25) is 17.7 Å². The number of rotatable bonds is 4. The zero-order valence-corrected chi connectivity index (χ0v) is 17.8. The molecule has 1 unspecified atom stereocenters. The molecule has 0 N–H and O–H groups in total. The highest BCUT2D eigenvalue weighted by molar-refractivity contribution is 6.00. The highest BCUT2D eigenvalue weighted by atomic mass is 16.5. The molecule has 2 amide bonds. The van der Waals surface area contributed by atoms with E-state index in [4.69, 9.17) is 4.74 Å². The second-order valence-corrected chi connectivity index (χ2v) is 8.36. The number of aryl methyl sites for hydroxylation is 3. The Bertz CT molecular complexity index is 1180. The lowest BCUT2D eigenvalue weighted by molar-refractivity contribution is -0.144. The molecule has 1 aromatic carbocycles. The maximum absolute atomic E-state index is 12.9. The van der Waals surface area contributed by atoms with E-state index in [1.807, 2.05) is 45.0 Å². The Hall–Kier alpha value is -3.49. The molecular formula is C22H24N6O3. The van der Waals surface area contributed by atoms with Gasteiger partial charge in [-0.15, -0.1) is 0 Å². The number of aromatic nitrogens is 4. The summed E-state index contributed by atoms with van der Waals surface area (Å²) in [4.78, 5) is 37.4. The van der Waals surface area contributed by atoms with Crippen LogP contribution >= 0.6 is 0 Å². The van der Waals surface area contributed by atoms with Crippen LogP contribution in [0.5, 0.6) is 5.88 Å². The van der Waals surface area contributed by atoms with E-state index in [-0.39, 0.29) is 30.3 Å². The highest BCUT2D eigenvalue weighted by Crippen LogP contribution is 2.29. The first-order valence-corrected chi connectivity index (χ1v) is 10.4. The van der Waals surface area contributed by atoms with E-state index >= 15 is 0 Å². The van der Waals surface area contributed by atoms with Gasteiger partial charge in [-0.1, -0.05) is 6.07 Å². The largest absolute Gasteiger partial charge is 0.470 e. The SMILES string of the molecule is Cc1cc(OC2CN(C(=O)C3CC(=O)N(c4ccc(C)c(C)c4)C3)C2)n2ncnc2n1. The van der Waals surface area contributed by atoms with Crippen LogP contribution in [-0.2, 0) is 9.59 Å². The van der Waals surface area contributed by atoms with Gasteiger partial charge in [-0.25, -0.2) is 4.98 Å². The van der Waals surface area contributed by atoms with Crippen molar-refractivity contribution in [3.8, 4) is 5.88 Å². The van der Waals surface area contributed by atoms with E-state index in [0.717, 1.165) is 16.9 Å². The van der Waals surface area contributed by atoms with E-state index < -0.39 is 0 Å². The van der Waals surface area contributed by atoms with Crippen molar-refractivity contribution < 1.29 is 14.3 Å². The fraction of sp³-hybridized carbons (Fsp3) is 0.409. The normalized spacial score (nSPS) is 19.2. The Kier molecular flexibility index (Phi) is 4.60. The van der Waals surface area contributed by atoms with Crippen molar-refractivity contribution in [2.75, 3.05) is 24.5 Å². The van der Waals surface area contributed by atoms with Crippen molar-refractivity contribution in [2.45, 2.75) is 33.3 Å². The topological polar surface area (TPSA) is 92.9 Å². The van der Waals surface area contributed by atoms with E-state index in [9.17, 15) is 9.59 Å². The van der Waals surface area contributed by atoms with Crippen molar-refractivity contribution in [3.05, 3.63) is 47.4 Å². The number of ether oxygens (including phenoxy) is 1. The summed E-state index contributed by atoms with van der Waals surface area (Å²) in [6, 6.07) is 7.78. The lowest BCUT2D eigenvalue weighted by atomic mass is 10.0. The minimum absolute atomic E-state index is 0.00392. The monoisotopic (exact) mass is 420 g/mol. The number of hydrogen-bond acceptors (Lipinski definition) is 6. The third kappa shape index (κ3) is 3.49. The molecule has 0 saturated carbocycles. The third-order valence-corrected chi connectivity index (χ3v) is 6.07. The number of carbonyl (C=O) groups excluding carboxylic acids is 2. The Balaban J connectivity index is 1.21. The Morgan fingerprint density at radius 1 is 1.10 bits per heavy atom. The minimum Gasteiger partial charge on any atom is -0.470 e. The van der Waals surface area contributed by atoms with Crippen molar-refractivity contribution in [1.82, 2.24) is 24.5 Å². The first-order chi connectivity index (χ1) is 14.9. The Morgan fingerprint density at radius 2 is 1.90 bits per heavy atom. The summed E-state index contributed by atoms with van der Waals surface area (Å²) >= 11 is 0. The number of benzene rings is 1. The van der Waals surface area contributed by atoms with Crippen LogP contribution in [0.2, 0.25) is 0 Å². The lowest BCUT2D eigenvalue weighted by Crippen LogP contribution is -2.58. The summed E-state index contributed by atoms with van der Waals surface area (Å²) in [7, 11) is 0. The van der Waals surface area contributed by atoms with Gasteiger partial charge in [0.15, 0.2) is 0 Å². The van der Waals surface area contributed by atoms with Gasteiger partial charge in [-0.3, -0.25) is 9.59 Å². The number of nitrogens with zero attached hydrogens (tertiary/aromatic N) is 6. The van der Waals surface area contributed by atoms with Crippen LogP contribution in [0.25, 0.3) is 5.78 Å². The number of amides is 2. The molecule has 2 aliphatic rings. The quantitative estimate of drug-likeness (QED) is 0.638. The molecule has 1 atom stereocenters. The predicted molar refractivity (Wildman–Crippen MR) is 113 cm³/mol. The number of fused-ring (bicyclic) bond motifs is 1. The maximum atomic E-state index is 12.9. The van der Waals surface area contributed by atoms with Crippen LogP contribution in [0.1, 0.15) is 23.2 Å². The summed E-state index contributed by atoms with van der Waals surface area (Å²) in [6.07, 6.45) is 1.56. The molecule has 9 heteroatoms. The maximum Gasteiger partial charge on any atom is 0.255 e. The fourth-order valence-electron chi connectivity index (χ4n) is 4.12.